The molecule has 2 heterocycles. The van der Waals surface area contributed by atoms with E-state index >= 15 is 0 Å². The minimum absolute atomic E-state index is 0.0696. The molecule has 2 unspecified atom stereocenters. The number of sulfone groups is 1. The van der Waals surface area contributed by atoms with Gasteiger partial charge in [-0.15, -0.1) is 0 Å². The van der Waals surface area contributed by atoms with Crippen LogP contribution in [0.15, 0.2) is 0 Å². The molecule has 0 N–H and O–H groups in total. The first-order valence-electron chi connectivity index (χ1n) is 6.03. The quantitative estimate of drug-likeness (QED) is 0.640. The number of amides is 1. The summed E-state index contributed by atoms with van der Waals surface area (Å²) in [6, 6.07) is -0.536. The number of rotatable bonds is 2. The molecule has 1 amide bonds. The van der Waals surface area contributed by atoms with Crippen LogP contribution in [0.25, 0.3) is 0 Å². The highest BCUT2D eigenvalue weighted by atomic mass is 32.2. The van der Waals surface area contributed by atoms with E-state index in [1.807, 2.05) is 0 Å². The molecule has 0 aromatic rings. The minimum Gasteiger partial charge on any atom is -0.467 e. The first-order chi connectivity index (χ1) is 8.44. The molecule has 0 bridgehead atoms. The third-order valence-electron chi connectivity index (χ3n) is 3.59. The van der Waals surface area contributed by atoms with Crippen LogP contribution in [-0.2, 0) is 24.2 Å². The summed E-state index contributed by atoms with van der Waals surface area (Å²) in [5.41, 5.74) is 0. The second-order valence-corrected chi connectivity index (χ2v) is 7.04. The Labute approximate surface area is 106 Å². The van der Waals surface area contributed by atoms with Crippen LogP contribution in [0.3, 0.4) is 0 Å². The zero-order valence-corrected chi connectivity index (χ0v) is 11.1. The fourth-order valence-electron chi connectivity index (χ4n) is 2.64. The van der Waals surface area contributed by atoms with E-state index in [0.29, 0.717) is 19.4 Å². The zero-order chi connectivity index (χ0) is 13.3. The van der Waals surface area contributed by atoms with E-state index in [-0.39, 0.29) is 17.4 Å². The molecule has 0 saturated carbocycles. The molecule has 0 aromatic heterocycles. The van der Waals surface area contributed by atoms with Gasteiger partial charge in [0.2, 0.25) is 5.91 Å². The molecule has 0 radical (unpaired) electrons. The number of carbonyl (C=O) groups is 2. The van der Waals surface area contributed by atoms with Gasteiger partial charge in [-0.3, -0.25) is 4.79 Å². The van der Waals surface area contributed by atoms with Crippen molar-refractivity contribution in [2.75, 3.05) is 25.2 Å². The van der Waals surface area contributed by atoms with Crippen LogP contribution in [-0.4, -0.2) is 56.4 Å². The highest BCUT2D eigenvalue weighted by molar-refractivity contribution is 7.91. The summed E-state index contributed by atoms with van der Waals surface area (Å²) in [5.74, 6) is -1.14. The van der Waals surface area contributed by atoms with Gasteiger partial charge < -0.3 is 9.64 Å². The molecule has 2 aliphatic heterocycles. The Morgan fingerprint density at radius 2 is 2.00 bits per heavy atom. The normalized spacial score (nSPS) is 30.4. The molecule has 2 atom stereocenters. The average molecular weight is 275 g/mol. The van der Waals surface area contributed by atoms with Crippen molar-refractivity contribution < 1.29 is 22.7 Å². The Balaban J connectivity index is 2.07. The zero-order valence-electron chi connectivity index (χ0n) is 10.3. The van der Waals surface area contributed by atoms with Crippen LogP contribution in [0.4, 0.5) is 0 Å². The third kappa shape index (κ3) is 2.50. The molecule has 18 heavy (non-hydrogen) atoms. The summed E-state index contributed by atoms with van der Waals surface area (Å²) in [7, 11) is -1.78. The Bertz CT molecular complexity index is 458. The van der Waals surface area contributed by atoms with E-state index in [2.05, 4.69) is 4.74 Å². The van der Waals surface area contributed by atoms with Gasteiger partial charge >= 0.3 is 5.97 Å². The summed E-state index contributed by atoms with van der Waals surface area (Å²) < 4.78 is 27.4. The first kappa shape index (κ1) is 13.3. The van der Waals surface area contributed by atoms with Gasteiger partial charge in [0.05, 0.1) is 24.5 Å². The summed E-state index contributed by atoms with van der Waals surface area (Å²) >= 11 is 0. The van der Waals surface area contributed by atoms with Crippen LogP contribution in [0.5, 0.6) is 0 Å². The van der Waals surface area contributed by atoms with Gasteiger partial charge in [0.1, 0.15) is 6.04 Å². The number of hydrogen-bond acceptors (Lipinski definition) is 5. The number of nitrogens with zero attached hydrogens (tertiary/aromatic N) is 1. The summed E-state index contributed by atoms with van der Waals surface area (Å²) in [6.07, 6.45) is 1.72. The molecule has 2 fully saturated rings. The number of methoxy groups -OCH3 is 1. The van der Waals surface area contributed by atoms with E-state index in [1.54, 1.807) is 0 Å². The van der Waals surface area contributed by atoms with Crippen molar-refractivity contribution in [1.82, 2.24) is 4.90 Å². The molecule has 2 saturated heterocycles. The van der Waals surface area contributed by atoms with Crippen LogP contribution in [0, 0.1) is 5.92 Å². The van der Waals surface area contributed by atoms with E-state index in [1.165, 1.54) is 12.0 Å². The first-order valence-corrected chi connectivity index (χ1v) is 7.85. The highest BCUT2D eigenvalue weighted by Crippen LogP contribution is 2.26. The predicted molar refractivity (Wildman–Crippen MR) is 63.5 cm³/mol. The van der Waals surface area contributed by atoms with Gasteiger partial charge in [-0.2, -0.15) is 0 Å². The molecule has 7 heteroatoms. The smallest absolute Gasteiger partial charge is 0.328 e. The van der Waals surface area contributed by atoms with E-state index in [0.717, 1.165) is 6.42 Å². The lowest BCUT2D eigenvalue weighted by molar-refractivity contribution is -0.152. The Morgan fingerprint density at radius 1 is 1.28 bits per heavy atom. The molecule has 0 aliphatic carbocycles. The van der Waals surface area contributed by atoms with Crippen molar-refractivity contribution in [3.8, 4) is 0 Å². The van der Waals surface area contributed by atoms with E-state index in [4.69, 9.17) is 0 Å². The second-order valence-electron chi connectivity index (χ2n) is 4.81. The lowest BCUT2D eigenvalue weighted by Crippen LogP contribution is -2.44. The lowest BCUT2D eigenvalue weighted by atomic mass is 10.1. The molecule has 2 aliphatic rings. The highest BCUT2D eigenvalue weighted by Gasteiger charge is 2.41. The van der Waals surface area contributed by atoms with Crippen molar-refractivity contribution in [2.24, 2.45) is 5.92 Å². The molecular weight excluding hydrogens is 258 g/mol. The number of esters is 1. The van der Waals surface area contributed by atoms with Crippen molar-refractivity contribution in [2.45, 2.75) is 25.3 Å². The third-order valence-corrected chi connectivity index (χ3v) is 5.36. The molecular formula is C11H17NO5S. The number of ether oxygens (including phenoxy) is 1. The number of hydrogen-bond donors (Lipinski definition) is 0. The lowest BCUT2D eigenvalue weighted by Gasteiger charge is -2.25. The van der Waals surface area contributed by atoms with Gasteiger partial charge in [0, 0.05) is 6.54 Å². The molecule has 0 spiro atoms. The van der Waals surface area contributed by atoms with Crippen LogP contribution < -0.4 is 0 Å². The Kier molecular flexibility index (Phi) is 3.61. The largest absolute Gasteiger partial charge is 0.467 e. The summed E-state index contributed by atoms with van der Waals surface area (Å²) in [5, 5.41) is 0. The maximum Gasteiger partial charge on any atom is 0.328 e. The van der Waals surface area contributed by atoms with Gasteiger partial charge in [-0.1, -0.05) is 0 Å². The summed E-state index contributed by atoms with van der Waals surface area (Å²) in [4.78, 5) is 25.2. The predicted octanol–water partition coefficient (Wildman–Crippen LogP) is -0.415. The number of carbonyl (C=O) groups excluding carboxylic acids is 2. The second kappa shape index (κ2) is 4.87. The summed E-state index contributed by atoms with van der Waals surface area (Å²) in [6.45, 7) is 0.509. The van der Waals surface area contributed by atoms with Gasteiger partial charge in [-0.05, 0) is 19.3 Å². The van der Waals surface area contributed by atoms with Gasteiger partial charge in [-0.25, -0.2) is 13.2 Å². The Morgan fingerprint density at radius 3 is 2.56 bits per heavy atom. The molecule has 2 rings (SSSR count). The monoisotopic (exact) mass is 275 g/mol. The fourth-order valence-corrected chi connectivity index (χ4v) is 4.37. The fraction of sp³-hybridized carbons (Fsp3) is 0.818. The maximum absolute atomic E-state index is 12.2. The van der Waals surface area contributed by atoms with Crippen LogP contribution >= 0.6 is 0 Å². The van der Waals surface area contributed by atoms with Crippen LogP contribution in [0.2, 0.25) is 0 Å². The van der Waals surface area contributed by atoms with Crippen LogP contribution in [0.1, 0.15) is 19.3 Å². The van der Waals surface area contributed by atoms with E-state index in [9.17, 15) is 18.0 Å². The van der Waals surface area contributed by atoms with E-state index < -0.39 is 27.8 Å². The van der Waals surface area contributed by atoms with Crippen molar-refractivity contribution in [3.63, 3.8) is 0 Å². The standard InChI is InChI=1S/C11H17NO5S/c1-17-11(14)9-3-2-5-12(9)10(13)8-4-6-18(15,16)7-8/h8-9H,2-7H2,1H3. The number of likely N-dealkylation sites (tertiary alicyclic amines) is 1. The SMILES string of the molecule is COC(=O)C1CCCN1C(=O)C1CCS(=O)(=O)C1. The van der Waals surface area contributed by atoms with Crippen molar-refractivity contribution in [1.29, 1.82) is 0 Å². The van der Waals surface area contributed by atoms with Gasteiger partial charge in [0.25, 0.3) is 0 Å². The average Bonchev–Trinajstić information content (AvgIpc) is 2.93. The van der Waals surface area contributed by atoms with Gasteiger partial charge in [0.15, 0.2) is 9.84 Å². The minimum atomic E-state index is -3.08. The van der Waals surface area contributed by atoms with Crippen molar-refractivity contribution >= 4 is 21.7 Å². The topological polar surface area (TPSA) is 80.8 Å². The molecule has 0 aromatic carbocycles. The molecule has 6 nitrogen and oxygen atoms in total. The van der Waals surface area contributed by atoms with Crippen molar-refractivity contribution in [3.05, 3.63) is 0 Å². The molecule has 102 valence electrons. The Hall–Kier alpha value is -1.11. The maximum atomic E-state index is 12.2.